The van der Waals surface area contributed by atoms with Gasteiger partial charge in [0.25, 0.3) is 0 Å². The lowest BCUT2D eigenvalue weighted by atomic mass is 10.1. The van der Waals surface area contributed by atoms with Gasteiger partial charge in [0.2, 0.25) is 5.91 Å². The first-order valence-corrected chi connectivity index (χ1v) is 7.98. The molecular weight excluding hydrogens is 282 g/mol. The van der Waals surface area contributed by atoms with E-state index in [1.54, 1.807) is 0 Å². The van der Waals surface area contributed by atoms with Gasteiger partial charge in [-0.05, 0) is 31.2 Å². The van der Waals surface area contributed by atoms with Crippen LogP contribution < -0.4 is 5.32 Å². The minimum Gasteiger partial charge on any atom is -0.380 e. The Morgan fingerprint density at radius 2 is 2.25 bits per heavy atom. The van der Waals surface area contributed by atoms with Crippen LogP contribution in [0.3, 0.4) is 0 Å². The third-order valence-corrected chi connectivity index (χ3v) is 3.87. The summed E-state index contributed by atoms with van der Waals surface area (Å²) in [5.41, 5.74) is 0.549. The van der Waals surface area contributed by atoms with Crippen molar-refractivity contribution in [3.8, 4) is 0 Å². The van der Waals surface area contributed by atoms with Crippen molar-refractivity contribution in [2.45, 2.75) is 18.9 Å². The fourth-order valence-corrected chi connectivity index (χ4v) is 2.79. The van der Waals surface area contributed by atoms with Gasteiger partial charge in [0.1, 0.15) is 0 Å². The molecule has 20 heavy (non-hydrogen) atoms. The third kappa shape index (κ3) is 3.85. The van der Waals surface area contributed by atoms with Crippen LogP contribution in [0, 0.1) is 11.6 Å². The molecular formula is C14H18F2N2OS. The highest BCUT2D eigenvalue weighted by Crippen LogP contribution is 2.18. The fraction of sp³-hybridized carbons (Fsp3) is 0.500. The van der Waals surface area contributed by atoms with Crippen molar-refractivity contribution in [1.82, 2.24) is 4.90 Å². The third-order valence-electron chi connectivity index (χ3n) is 3.33. The summed E-state index contributed by atoms with van der Waals surface area (Å²) in [4.78, 5) is 13.7. The summed E-state index contributed by atoms with van der Waals surface area (Å²) < 4.78 is 26.0. The summed E-state index contributed by atoms with van der Waals surface area (Å²) in [5, 5.41) is 3.17. The quantitative estimate of drug-likeness (QED) is 0.928. The molecule has 0 aromatic heterocycles. The van der Waals surface area contributed by atoms with Gasteiger partial charge in [-0.2, -0.15) is 11.8 Å². The van der Waals surface area contributed by atoms with Crippen molar-refractivity contribution in [3.05, 3.63) is 29.8 Å². The predicted molar refractivity (Wildman–Crippen MR) is 78.0 cm³/mol. The Morgan fingerprint density at radius 3 is 2.95 bits per heavy atom. The monoisotopic (exact) mass is 300 g/mol. The molecule has 0 spiro atoms. The van der Waals surface area contributed by atoms with Gasteiger partial charge in [-0.15, -0.1) is 0 Å². The van der Waals surface area contributed by atoms with E-state index >= 15 is 0 Å². The van der Waals surface area contributed by atoms with E-state index < -0.39 is 11.6 Å². The van der Waals surface area contributed by atoms with Crippen LogP contribution in [-0.4, -0.2) is 41.9 Å². The molecule has 0 aliphatic carbocycles. The van der Waals surface area contributed by atoms with Gasteiger partial charge in [-0.25, -0.2) is 8.78 Å². The van der Waals surface area contributed by atoms with E-state index in [2.05, 4.69) is 5.32 Å². The Balaban J connectivity index is 1.95. The maximum atomic E-state index is 13.2. The molecule has 110 valence electrons. The molecule has 1 N–H and O–H groups in total. The Hall–Kier alpha value is -1.30. The molecule has 1 aromatic rings. The molecule has 1 atom stereocenters. The van der Waals surface area contributed by atoms with Gasteiger partial charge in [-0.1, -0.05) is 0 Å². The number of hydrogen-bond donors (Lipinski definition) is 1. The van der Waals surface area contributed by atoms with Crippen molar-refractivity contribution in [3.63, 3.8) is 0 Å². The number of hydrogen-bond acceptors (Lipinski definition) is 3. The van der Waals surface area contributed by atoms with Crippen LogP contribution >= 0.6 is 11.8 Å². The van der Waals surface area contributed by atoms with Gasteiger partial charge in [0.05, 0.1) is 5.75 Å². The van der Waals surface area contributed by atoms with E-state index in [-0.39, 0.29) is 11.9 Å². The topological polar surface area (TPSA) is 32.3 Å². The van der Waals surface area contributed by atoms with Crippen LogP contribution in [0.2, 0.25) is 0 Å². The number of nitrogens with zero attached hydrogens (tertiary/aromatic N) is 1. The number of halogens is 2. The molecule has 1 saturated heterocycles. The largest absolute Gasteiger partial charge is 0.380 e. The lowest BCUT2D eigenvalue weighted by molar-refractivity contribution is -0.129. The zero-order valence-electron chi connectivity index (χ0n) is 11.4. The average molecular weight is 300 g/mol. The second kappa shape index (κ2) is 6.92. The molecule has 6 heteroatoms. The first-order valence-electron chi connectivity index (χ1n) is 6.58. The number of piperidine rings is 1. The normalized spacial score (nSPS) is 18.9. The average Bonchev–Trinajstić information content (AvgIpc) is 2.43. The molecule has 0 bridgehead atoms. The first kappa shape index (κ1) is 15.1. The van der Waals surface area contributed by atoms with Crippen LogP contribution in [0.15, 0.2) is 18.2 Å². The molecule has 1 aromatic carbocycles. The number of amides is 1. The molecule has 1 unspecified atom stereocenters. The highest BCUT2D eigenvalue weighted by atomic mass is 32.2. The highest BCUT2D eigenvalue weighted by Gasteiger charge is 2.23. The summed E-state index contributed by atoms with van der Waals surface area (Å²) in [6.07, 6.45) is 3.74. The molecule has 3 nitrogen and oxygen atoms in total. The Morgan fingerprint density at radius 1 is 1.45 bits per heavy atom. The number of likely N-dealkylation sites (tertiary alicyclic amines) is 1. The van der Waals surface area contributed by atoms with Crippen LogP contribution in [-0.2, 0) is 4.79 Å². The Kier molecular flexibility index (Phi) is 5.23. The molecule has 1 heterocycles. The second-order valence-electron chi connectivity index (χ2n) is 4.89. The van der Waals surface area contributed by atoms with E-state index in [0.29, 0.717) is 18.0 Å². The van der Waals surface area contributed by atoms with Crippen LogP contribution in [0.25, 0.3) is 0 Å². The number of benzene rings is 1. The fourth-order valence-electron chi connectivity index (χ4n) is 2.36. The number of thioether (sulfide) groups is 1. The minimum absolute atomic E-state index is 0.0828. The van der Waals surface area contributed by atoms with Gasteiger partial charge in [0, 0.05) is 30.9 Å². The Bertz CT molecular complexity index is 484. The second-order valence-corrected chi connectivity index (χ2v) is 5.75. The van der Waals surface area contributed by atoms with Gasteiger partial charge in [-0.3, -0.25) is 4.79 Å². The smallest absolute Gasteiger partial charge is 0.232 e. The molecule has 1 aliphatic rings. The summed E-state index contributed by atoms with van der Waals surface area (Å²) in [5.74, 6) is -1.09. The lowest BCUT2D eigenvalue weighted by Crippen LogP contribution is -2.45. The van der Waals surface area contributed by atoms with E-state index in [1.807, 2.05) is 11.2 Å². The number of anilines is 1. The SMILES string of the molecule is CSCC(=O)N1CCCC(Nc2ccc(F)c(F)c2)C1. The predicted octanol–water partition coefficient (Wildman–Crippen LogP) is 2.73. The maximum absolute atomic E-state index is 13.2. The molecule has 1 fully saturated rings. The molecule has 1 amide bonds. The minimum atomic E-state index is -0.860. The zero-order chi connectivity index (χ0) is 14.5. The summed E-state index contributed by atoms with van der Waals surface area (Å²) in [7, 11) is 0. The van der Waals surface area contributed by atoms with Gasteiger partial charge < -0.3 is 10.2 Å². The van der Waals surface area contributed by atoms with Crippen LogP contribution in [0.5, 0.6) is 0 Å². The summed E-state index contributed by atoms with van der Waals surface area (Å²) in [6, 6.07) is 3.86. The summed E-state index contributed by atoms with van der Waals surface area (Å²) in [6.45, 7) is 1.38. The van der Waals surface area contributed by atoms with Crippen LogP contribution in [0.1, 0.15) is 12.8 Å². The van der Waals surface area contributed by atoms with Gasteiger partial charge in [0.15, 0.2) is 11.6 Å². The first-order chi connectivity index (χ1) is 9.60. The lowest BCUT2D eigenvalue weighted by Gasteiger charge is -2.33. The standard InChI is InChI=1S/C14H18F2N2OS/c1-20-9-14(19)18-6-2-3-11(8-18)17-10-4-5-12(15)13(16)7-10/h4-5,7,11,17H,2-3,6,8-9H2,1H3. The van der Waals surface area contributed by atoms with E-state index in [1.165, 1.54) is 17.8 Å². The van der Waals surface area contributed by atoms with E-state index in [9.17, 15) is 13.6 Å². The number of rotatable bonds is 4. The molecule has 2 rings (SSSR count). The molecule has 0 saturated carbocycles. The van der Waals surface area contributed by atoms with Gasteiger partial charge >= 0.3 is 0 Å². The van der Waals surface area contributed by atoms with Crippen molar-refractivity contribution in [1.29, 1.82) is 0 Å². The highest BCUT2D eigenvalue weighted by molar-refractivity contribution is 7.99. The number of nitrogens with one attached hydrogen (secondary N) is 1. The molecule has 0 radical (unpaired) electrons. The van der Waals surface area contributed by atoms with Crippen molar-refractivity contribution in [2.75, 3.05) is 30.4 Å². The summed E-state index contributed by atoms with van der Waals surface area (Å²) >= 11 is 1.51. The van der Waals surface area contributed by atoms with Crippen molar-refractivity contribution in [2.24, 2.45) is 0 Å². The Labute approximate surface area is 121 Å². The van der Waals surface area contributed by atoms with E-state index in [0.717, 1.165) is 31.5 Å². The number of carbonyl (C=O) groups excluding carboxylic acids is 1. The van der Waals surface area contributed by atoms with Crippen molar-refractivity contribution < 1.29 is 13.6 Å². The van der Waals surface area contributed by atoms with Crippen molar-refractivity contribution >= 4 is 23.4 Å². The molecule has 1 aliphatic heterocycles. The van der Waals surface area contributed by atoms with Crippen LogP contribution in [0.4, 0.5) is 14.5 Å². The number of carbonyl (C=O) groups is 1. The maximum Gasteiger partial charge on any atom is 0.232 e. The zero-order valence-corrected chi connectivity index (χ0v) is 12.2. The van der Waals surface area contributed by atoms with E-state index in [4.69, 9.17) is 0 Å².